The summed E-state index contributed by atoms with van der Waals surface area (Å²) in [4.78, 5) is 4.22. The van der Waals surface area contributed by atoms with E-state index in [2.05, 4.69) is 10.3 Å². The zero-order valence-electron chi connectivity index (χ0n) is 10.3. The lowest BCUT2D eigenvalue weighted by Gasteiger charge is -2.25. The van der Waals surface area contributed by atoms with Crippen LogP contribution in [0.2, 0.25) is 0 Å². The summed E-state index contributed by atoms with van der Waals surface area (Å²) in [6.45, 7) is 1.62. The lowest BCUT2D eigenvalue weighted by atomic mass is 10.4. The Kier molecular flexibility index (Phi) is 2.88. The molecule has 2 aromatic rings. The van der Waals surface area contributed by atoms with Gasteiger partial charge in [0.25, 0.3) is 0 Å². The molecule has 0 spiro atoms. The summed E-state index contributed by atoms with van der Waals surface area (Å²) >= 11 is 0. The maximum Gasteiger partial charge on any atom is 0.140 e. The largest absolute Gasteiger partial charge is 0.496 e. The Morgan fingerprint density at radius 2 is 2.22 bits per heavy atom. The molecule has 18 heavy (non-hydrogen) atoms. The van der Waals surface area contributed by atoms with E-state index in [4.69, 9.17) is 4.74 Å². The molecule has 0 amide bonds. The molecule has 3 rings (SSSR count). The van der Waals surface area contributed by atoms with E-state index in [1.807, 2.05) is 22.9 Å². The number of ether oxygens (including phenoxy) is 1. The Bertz CT molecular complexity index is 613. The quantitative estimate of drug-likeness (QED) is 0.821. The number of nitrogens with one attached hydrogen (secondary N) is 1. The van der Waals surface area contributed by atoms with E-state index >= 15 is 0 Å². The van der Waals surface area contributed by atoms with Crippen LogP contribution in [0.5, 0.6) is 5.75 Å². The van der Waals surface area contributed by atoms with Crippen molar-refractivity contribution >= 4 is 18.1 Å². The van der Waals surface area contributed by atoms with E-state index in [1.54, 1.807) is 13.3 Å². The Hall–Kier alpha value is -1.32. The van der Waals surface area contributed by atoms with Crippen LogP contribution in [0.25, 0.3) is 5.65 Å². The van der Waals surface area contributed by atoms with Crippen molar-refractivity contribution in [3.05, 3.63) is 24.7 Å². The summed E-state index contributed by atoms with van der Waals surface area (Å²) in [5.41, 5.74) is 0.817. The van der Waals surface area contributed by atoms with Crippen molar-refractivity contribution in [3.8, 4) is 5.75 Å². The highest BCUT2D eigenvalue weighted by Crippen LogP contribution is 2.47. The molecule has 0 aromatic carbocycles. The van der Waals surface area contributed by atoms with Gasteiger partial charge in [-0.2, -0.15) is 0 Å². The predicted molar refractivity (Wildman–Crippen MR) is 71.6 cm³/mol. The second kappa shape index (κ2) is 4.41. The Morgan fingerprint density at radius 1 is 1.44 bits per heavy atom. The van der Waals surface area contributed by atoms with Gasteiger partial charge in [0, 0.05) is 50.1 Å². The van der Waals surface area contributed by atoms with Crippen molar-refractivity contribution in [2.45, 2.75) is 0 Å². The molecule has 0 unspecified atom stereocenters. The van der Waals surface area contributed by atoms with Crippen LogP contribution in [0.4, 0.5) is 0 Å². The average Bonchev–Trinajstić information content (AvgIpc) is 2.85. The number of hydrogen-bond acceptors (Lipinski definition) is 4. The van der Waals surface area contributed by atoms with Crippen molar-refractivity contribution in [3.63, 3.8) is 0 Å². The van der Waals surface area contributed by atoms with Crippen molar-refractivity contribution in [1.82, 2.24) is 14.7 Å². The lowest BCUT2D eigenvalue weighted by molar-refractivity contribution is 0.417. The highest BCUT2D eigenvalue weighted by atomic mass is 31.2. The highest BCUT2D eigenvalue weighted by Gasteiger charge is 2.30. The van der Waals surface area contributed by atoms with E-state index in [-0.39, 0.29) is 0 Å². The molecular formula is C12H16N3O2P. The van der Waals surface area contributed by atoms with Gasteiger partial charge < -0.3 is 19.0 Å². The second-order valence-corrected chi connectivity index (χ2v) is 7.66. The first-order valence-corrected chi connectivity index (χ1v) is 8.11. The average molecular weight is 265 g/mol. The van der Waals surface area contributed by atoms with E-state index in [0.717, 1.165) is 24.0 Å². The SMILES string of the molecule is COc1cc2nccn2cc1P1(=O)CCNCC1. The Labute approximate surface area is 106 Å². The van der Waals surface area contributed by atoms with Gasteiger partial charge in [-0.3, -0.25) is 0 Å². The molecule has 5 nitrogen and oxygen atoms in total. The van der Waals surface area contributed by atoms with Crippen LogP contribution in [-0.4, -0.2) is 41.9 Å². The number of aromatic nitrogens is 2. The van der Waals surface area contributed by atoms with Gasteiger partial charge in [-0.05, 0) is 0 Å². The van der Waals surface area contributed by atoms with Crippen LogP contribution >= 0.6 is 7.14 Å². The molecule has 96 valence electrons. The Balaban J connectivity index is 2.16. The molecular weight excluding hydrogens is 249 g/mol. The minimum Gasteiger partial charge on any atom is -0.496 e. The monoisotopic (exact) mass is 265 g/mol. The maximum absolute atomic E-state index is 13.0. The number of fused-ring (bicyclic) bond motifs is 1. The van der Waals surface area contributed by atoms with Crippen LogP contribution < -0.4 is 15.4 Å². The molecule has 0 radical (unpaired) electrons. The molecule has 0 bridgehead atoms. The van der Waals surface area contributed by atoms with Gasteiger partial charge in [-0.1, -0.05) is 0 Å². The zero-order chi connectivity index (χ0) is 12.6. The van der Waals surface area contributed by atoms with Crippen molar-refractivity contribution in [1.29, 1.82) is 0 Å². The molecule has 6 heteroatoms. The molecule has 0 atom stereocenters. The first-order valence-electron chi connectivity index (χ1n) is 6.03. The van der Waals surface area contributed by atoms with Crippen LogP contribution in [-0.2, 0) is 4.57 Å². The minimum atomic E-state index is -2.34. The van der Waals surface area contributed by atoms with Gasteiger partial charge >= 0.3 is 0 Å². The molecule has 2 aromatic heterocycles. The topological polar surface area (TPSA) is 55.6 Å². The summed E-state index contributed by atoms with van der Waals surface area (Å²) in [5, 5.41) is 4.09. The third-order valence-electron chi connectivity index (χ3n) is 3.43. The lowest BCUT2D eigenvalue weighted by Crippen LogP contribution is -2.32. The molecule has 1 N–H and O–H groups in total. The number of imidazole rings is 1. The minimum absolute atomic E-state index is 0.693. The smallest absolute Gasteiger partial charge is 0.140 e. The number of hydrogen-bond donors (Lipinski definition) is 1. The molecule has 3 heterocycles. The normalized spacial score (nSPS) is 18.9. The number of nitrogens with zero attached hydrogens (tertiary/aromatic N) is 2. The van der Waals surface area contributed by atoms with Crippen LogP contribution in [0.15, 0.2) is 24.7 Å². The Morgan fingerprint density at radius 3 is 2.94 bits per heavy atom. The van der Waals surface area contributed by atoms with Gasteiger partial charge in [0.15, 0.2) is 0 Å². The molecule has 1 aliphatic heterocycles. The summed E-state index contributed by atoms with van der Waals surface area (Å²) in [7, 11) is -0.718. The van der Waals surface area contributed by atoms with Gasteiger partial charge in [0.1, 0.15) is 18.5 Å². The highest BCUT2D eigenvalue weighted by molar-refractivity contribution is 7.71. The molecule has 1 aliphatic rings. The van der Waals surface area contributed by atoms with Gasteiger partial charge in [-0.25, -0.2) is 4.98 Å². The maximum atomic E-state index is 13.0. The molecule has 0 aliphatic carbocycles. The fraction of sp³-hybridized carbons (Fsp3) is 0.417. The van der Waals surface area contributed by atoms with E-state index in [9.17, 15) is 4.57 Å². The van der Waals surface area contributed by atoms with Crippen molar-refractivity contribution in [2.75, 3.05) is 32.5 Å². The van der Waals surface area contributed by atoms with Crippen LogP contribution in [0.3, 0.4) is 0 Å². The van der Waals surface area contributed by atoms with Crippen LogP contribution in [0.1, 0.15) is 0 Å². The van der Waals surface area contributed by atoms with E-state index in [0.29, 0.717) is 18.1 Å². The molecule has 1 saturated heterocycles. The first-order chi connectivity index (χ1) is 8.73. The molecule has 0 saturated carbocycles. The standard InChI is InChI=1S/C12H16N3O2P/c1-17-10-8-12-14-2-5-15(12)9-11(10)18(16)6-3-13-4-7-18/h2,5,8-9,13H,3-4,6-7H2,1H3. The van der Waals surface area contributed by atoms with Gasteiger partial charge in [-0.15, -0.1) is 0 Å². The fourth-order valence-corrected chi connectivity index (χ4v) is 5.04. The number of methoxy groups -OCH3 is 1. The third kappa shape index (κ3) is 1.84. The summed E-state index contributed by atoms with van der Waals surface area (Å²) in [6, 6.07) is 1.86. The van der Waals surface area contributed by atoms with Crippen molar-refractivity contribution in [2.24, 2.45) is 0 Å². The van der Waals surface area contributed by atoms with Gasteiger partial charge in [0.05, 0.1) is 12.4 Å². The zero-order valence-corrected chi connectivity index (χ0v) is 11.2. The van der Waals surface area contributed by atoms with E-state index < -0.39 is 7.14 Å². The summed E-state index contributed by atoms with van der Waals surface area (Å²) in [5.74, 6) is 0.693. The molecule has 1 fully saturated rings. The fourth-order valence-electron chi connectivity index (χ4n) is 2.40. The number of pyridine rings is 1. The summed E-state index contributed by atoms with van der Waals surface area (Å²) < 4.78 is 20.3. The van der Waals surface area contributed by atoms with E-state index in [1.165, 1.54) is 0 Å². The third-order valence-corrected chi connectivity index (χ3v) is 6.54. The van der Waals surface area contributed by atoms with Crippen LogP contribution in [0, 0.1) is 0 Å². The predicted octanol–water partition coefficient (Wildman–Crippen LogP) is 0.934. The first kappa shape index (κ1) is 11.8. The number of rotatable bonds is 2. The van der Waals surface area contributed by atoms with Gasteiger partial charge in [0.2, 0.25) is 0 Å². The van der Waals surface area contributed by atoms with Crippen molar-refractivity contribution < 1.29 is 9.30 Å². The second-order valence-electron chi connectivity index (χ2n) is 4.51. The summed E-state index contributed by atoms with van der Waals surface area (Å²) in [6.07, 6.45) is 6.91.